The van der Waals surface area contributed by atoms with Gasteiger partial charge in [0.15, 0.2) is 5.69 Å². The molecule has 6 nitrogen and oxygen atoms in total. The van der Waals surface area contributed by atoms with Crippen molar-refractivity contribution in [2.75, 3.05) is 20.3 Å². The van der Waals surface area contributed by atoms with E-state index in [1.54, 1.807) is 0 Å². The highest BCUT2D eigenvalue weighted by atomic mass is 19.4. The zero-order valence-electron chi connectivity index (χ0n) is 11.3. The van der Waals surface area contributed by atoms with Gasteiger partial charge in [-0.15, -0.1) is 0 Å². The molecule has 1 N–H and O–H groups in total. The van der Waals surface area contributed by atoms with Gasteiger partial charge in [-0.25, -0.2) is 14.8 Å². The van der Waals surface area contributed by atoms with Crippen LogP contribution in [0.4, 0.5) is 13.2 Å². The molecule has 0 unspecified atom stereocenters. The fourth-order valence-corrected chi connectivity index (χ4v) is 1.78. The Labute approximate surface area is 122 Å². The third-order valence-electron chi connectivity index (χ3n) is 2.73. The lowest BCUT2D eigenvalue weighted by molar-refractivity contribution is -0.141. The van der Waals surface area contributed by atoms with Crippen molar-refractivity contribution in [3.8, 4) is 5.88 Å². The quantitative estimate of drug-likeness (QED) is 0.853. The van der Waals surface area contributed by atoms with Gasteiger partial charge in [-0.3, -0.25) is 0 Å². The Balaban J connectivity index is 2.60. The number of carbonyl (C=O) groups is 1. The van der Waals surface area contributed by atoms with Gasteiger partial charge < -0.3 is 14.6 Å². The van der Waals surface area contributed by atoms with Crippen LogP contribution in [0.2, 0.25) is 0 Å². The van der Waals surface area contributed by atoms with Gasteiger partial charge in [-0.1, -0.05) is 0 Å². The average molecular weight is 316 g/mol. The molecule has 22 heavy (non-hydrogen) atoms. The van der Waals surface area contributed by atoms with E-state index in [4.69, 9.17) is 14.6 Å². The zero-order chi connectivity index (χ0) is 16.3. The first-order chi connectivity index (χ1) is 10.3. The van der Waals surface area contributed by atoms with E-state index in [0.29, 0.717) is 0 Å². The molecule has 0 fully saturated rings. The second kappa shape index (κ2) is 6.14. The van der Waals surface area contributed by atoms with Gasteiger partial charge in [-0.05, 0) is 12.1 Å². The molecule has 0 aliphatic heterocycles. The summed E-state index contributed by atoms with van der Waals surface area (Å²) in [7, 11) is 1.44. The Morgan fingerprint density at radius 1 is 1.36 bits per heavy atom. The lowest BCUT2D eigenvalue weighted by Gasteiger charge is -2.12. The van der Waals surface area contributed by atoms with Crippen LogP contribution in [0.1, 0.15) is 16.1 Å². The van der Waals surface area contributed by atoms with Gasteiger partial charge in [0, 0.05) is 18.7 Å². The van der Waals surface area contributed by atoms with Crippen LogP contribution < -0.4 is 4.74 Å². The minimum absolute atomic E-state index is 0.0757. The summed E-state index contributed by atoms with van der Waals surface area (Å²) < 4.78 is 48.9. The topological polar surface area (TPSA) is 81.5 Å². The van der Waals surface area contributed by atoms with Crippen molar-refractivity contribution in [3.05, 3.63) is 29.6 Å². The number of methoxy groups -OCH3 is 1. The summed E-state index contributed by atoms with van der Waals surface area (Å²) in [5.41, 5.74) is -2.57. The van der Waals surface area contributed by atoms with Crippen LogP contribution in [0.25, 0.3) is 10.9 Å². The summed E-state index contributed by atoms with van der Waals surface area (Å²) in [6, 6.07) is 2.26. The highest BCUT2D eigenvalue weighted by Crippen LogP contribution is 2.34. The van der Waals surface area contributed by atoms with E-state index >= 15 is 0 Å². The number of carboxylic acids is 1. The van der Waals surface area contributed by atoms with Crippen molar-refractivity contribution in [2.24, 2.45) is 0 Å². The molecular formula is C13H11F3N2O4. The van der Waals surface area contributed by atoms with Crippen molar-refractivity contribution in [1.29, 1.82) is 0 Å². The molecule has 2 rings (SSSR count). The smallest absolute Gasteiger partial charge is 0.434 e. The predicted molar refractivity (Wildman–Crippen MR) is 68.9 cm³/mol. The molecule has 0 aliphatic rings. The number of halogens is 3. The molecule has 0 aliphatic carbocycles. The van der Waals surface area contributed by atoms with E-state index in [0.717, 1.165) is 6.07 Å². The van der Waals surface area contributed by atoms with Crippen molar-refractivity contribution >= 4 is 16.9 Å². The molecular weight excluding hydrogens is 305 g/mol. The molecule has 2 aromatic heterocycles. The molecule has 2 heterocycles. The number of fused-ring (bicyclic) bond motifs is 1. The van der Waals surface area contributed by atoms with Crippen molar-refractivity contribution in [2.45, 2.75) is 6.18 Å². The van der Waals surface area contributed by atoms with Gasteiger partial charge in [0.1, 0.15) is 12.1 Å². The number of hydrogen-bond donors (Lipinski definition) is 1. The fraction of sp³-hybridized carbons (Fsp3) is 0.308. The molecule has 2 aromatic rings. The van der Waals surface area contributed by atoms with Crippen LogP contribution in [0.3, 0.4) is 0 Å². The number of rotatable bonds is 5. The first kappa shape index (κ1) is 16.0. The molecule has 0 atom stereocenters. The van der Waals surface area contributed by atoms with Gasteiger partial charge in [0.2, 0.25) is 5.88 Å². The summed E-state index contributed by atoms with van der Waals surface area (Å²) in [6.07, 6.45) is -3.60. The number of carboxylic acid groups (broad SMARTS) is 1. The minimum atomic E-state index is -4.90. The number of hydrogen-bond acceptors (Lipinski definition) is 5. The van der Waals surface area contributed by atoms with E-state index in [2.05, 4.69) is 9.97 Å². The van der Waals surface area contributed by atoms with Crippen LogP contribution in [-0.4, -0.2) is 41.4 Å². The predicted octanol–water partition coefficient (Wildman–Crippen LogP) is 2.37. The summed E-state index contributed by atoms with van der Waals surface area (Å²) in [5.74, 6) is -1.82. The van der Waals surface area contributed by atoms with Crippen molar-refractivity contribution in [3.63, 3.8) is 0 Å². The second-order valence-electron chi connectivity index (χ2n) is 4.22. The second-order valence-corrected chi connectivity index (χ2v) is 4.22. The molecule has 0 amide bonds. The molecule has 0 saturated heterocycles. The molecule has 0 bridgehead atoms. The number of aromatic carboxylic acids is 1. The molecule has 0 saturated carbocycles. The van der Waals surface area contributed by atoms with E-state index in [1.165, 1.54) is 19.4 Å². The number of pyridine rings is 2. The Morgan fingerprint density at radius 2 is 2.09 bits per heavy atom. The van der Waals surface area contributed by atoms with Gasteiger partial charge in [0.25, 0.3) is 0 Å². The zero-order valence-corrected chi connectivity index (χ0v) is 11.3. The summed E-state index contributed by atoms with van der Waals surface area (Å²) in [6.45, 7) is 0.295. The molecule has 118 valence electrons. The molecule has 9 heteroatoms. The van der Waals surface area contributed by atoms with Gasteiger partial charge in [0.05, 0.1) is 12.2 Å². The Hall–Kier alpha value is -2.42. The number of alkyl halides is 3. The van der Waals surface area contributed by atoms with Crippen LogP contribution in [0, 0.1) is 0 Å². The minimum Gasteiger partial charge on any atom is -0.478 e. The first-order valence-electron chi connectivity index (χ1n) is 6.06. The van der Waals surface area contributed by atoms with E-state index in [1.807, 2.05) is 0 Å². The first-order valence-corrected chi connectivity index (χ1v) is 6.06. The lowest BCUT2D eigenvalue weighted by atomic mass is 10.1. The fourth-order valence-electron chi connectivity index (χ4n) is 1.78. The van der Waals surface area contributed by atoms with Crippen LogP contribution in [0.15, 0.2) is 18.3 Å². The van der Waals surface area contributed by atoms with Crippen molar-refractivity contribution < 1.29 is 32.5 Å². The third-order valence-corrected chi connectivity index (χ3v) is 2.73. The largest absolute Gasteiger partial charge is 0.478 e. The van der Waals surface area contributed by atoms with E-state index in [9.17, 15) is 18.0 Å². The van der Waals surface area contributed by atoms with Crippen LogP contribution in [-0.2, 0) is 10.9 Å². The third kappa shape index (κ3) is 3.25. The number of aromatic nitrogens is 2. The Morgan fingerprint density at radius 3 is 2.68 bits per heavy atom. The Kier molecular flexibility index (Phi) is 4.45. The standard InChI is InChI=1S/C13H11F3N2O4/c1-21-4-5-22-11-9-7(2-3-17-11)6-8(12(19)20)10(18-9)13(14,15)16/h2-3,6H,4-5H2,1H3,(H,19,20). The maximum Gasteiger partial charge on any atom is 0.434 e. The summed E-state index contributed by atoms with van der Waals surface area (Å²) in [4.78, 5) is 18.2. The molecule has 0 radical (unpaired) electrons. The maximum absolute atomic E-state index is 13.0. The Bertz CT molecular complexity index is 703. The molecule has 0 spiro atoms. The lowest BCUT2D eigenvalue weighted by Crippen LogP contribution is -2.16. The average Bonchev–Trinajstić information content (AvgIpc) is 2.45. The summed E-state index contributed by atoms with van der Waals surface area (Å²) >= 11 is 0. The van der Waals surface area contributed by atoms with Gasteiger partial charge >= 0.3 is 12.1 Å². The van der Waals surface area contributed by atoms with E-state index < -0.39 is 23.4 Å². The SMILES string of the molecule is COCCOc1nccc2cc(C(=O)O)c(C(F)(F)F)nc12. The van der Waals surface area contributed by atoms with E-state index in [-0.39, 0.29) is 30.0 Å². The number of ether oxygens (including phenoxy) is 2. The normalized spacial score (nSPS) is 11.6. The van der Waals surface area contributed by atoms with Crippen molar-refractivity contribution in [1.82, 2.24) is 9.97 Å². The number of nitrogens with zero attached hydrogens (tertiary/aromatic N) is 2. The highest BCUT2D eigenvalue weighted by molar-refractivity contribution is 5.95. The van der Waals surface area contributed by atoms with Gasteiger partial charge in [-0.2, -0.15) is 13.2 Å². The molecule has 0 aromatic carbocycles. The van der Waals surface area contributed by atoms with Crippen LogP contribution in [0.5, 0.6) is 5.88 Å². The summed E-state index contributed by atoms with van der Waals surface area (Å²) in [5, 5.41) is 9.12. The van der Waals surface area contributed by atoms with Crippen LogP contribution >= 0.6 is 0 Å². The monoisotopic (exact) mass is 316 g/mol. The maximum atomic E-state index is 13.0. The highest BCUT2D eigenvalue weighted by Gasteiger charge is 2.38.